The highest BCUT2D eigenvalue weighted by atomic mass is 32.1. The van der Waals surface area contributed by atoms with E-state index < -0.39 is 0 Å². The van der Waals surface area contributed by atoms with Crippen molar-refractivity contribution < 1.29 is 14.2 Å². The van der Waals surface area contributed by atoms with Crippen LogP contribution in [-0.2, 0) is 0 Å². The molecule has 4 rings (SSSR count). The summed E-state index contributed by atoms with van der Waals surface area (Å²) in [5, 5.41) is 2.19. The zero-order chi connectivity index (χ0) is 20.9. The van der Waals surface area contributed by atoms with Crippen LogP contribution in [0.3, 0.4) is 0 Å². The van der Waals surface area contributed by atoms with E-state index in [9.17, 15) is 0 Å². The molecule has 0 N–H and O–H groups in total. The lowest BCUT2D eigenvalue weighted by atomic mass is 9.95. The maximum absolute atomic E-state index is 5.69. The van der Waals surface area contributed by atoms with E-state index in [1.54, 1.807) is 32.7 Å². The maximum Gasteiger partial charge on any atom is 0.190 e. The molecule has 2 aromatic carbocycles. The number of hydrogen-bond donors (Lipinski definition) is 0. The fourth-order valence-electron chi connectivity index (χ4n) is 4.10. The van der Waals surface area contributed by atoms with Crippen molar-refractivity contribution in [3.63, 3.8) is 0 Å². The van der Waals surface area contributed by atoms with E-state index in [4.69, 9.17) is 19.2 Å². The number of nitrogens with zero attached hydrogens (tertiary/aromatic N) is 2. The Bertz CT molecular complexity index is 1060. The molecule has 6 heteroatoms. The monoisotopic (exact) mass is 424 g/mol. The smallest absolute Gasteiger partial charge is 0.190 e. The molecule has 0 atom stereocenters. The second kappa shape index (κ2) is 9.39. The molecule has 0 spiro atoms. The molecule has 0 radical (unpaired) electrons. The van der Waals surface area contributed by atoms with Gasteiger partial charge in [-0.15, -0.1) is 11.3 Å². The summed E-state index contributed by atoms with van der Waals surface area (Å²) in [6.45, 7) is 0. The summed E-state index contributed by atoms with van der Waals surface area (Å²) in [6, 6.07) is 14.3. The predicted octanol–water partition coefficient (Wildman–Crippen LogP) is 5.98. The number of hydrogen-bond acceptors (Lipinski definition) is 5. The Kier molecular flexibility index (Phi) is 6.43. The van der Waals surface area contributed by atoms with Crippen molar-refractivity contribution in [1.29, 1.82) is 0 Å². The van der Waals surface area contributed by atoms with Crippen molar-refractivity contribution in [3.8, 4) is 28.5 Å². The predicted molar refractivity (Wildman–Crippen MR) is 121 cm³/mol. The zero-order valence-corrected chi connectivity index (χ0v) is 18.6. The van der Waals surface area contributed by atoms with Gasteiger partial charge < -0.3 is 18.8 Å². The van der Waals surface area contributed by atoms with Crippen LogP contribution in [0.1, 0.15) is 38.1 Å². The fourth-order valence-corrected chi connectivity index (χ4v) is 5.07. The van der Waals surface area contributed by atoms with Gasteiger partial charge in [0.05, 0.1) is 32.7 Å². The lowest BCUT2D eigenvalue weighted by molar-refractivity contribution is 0.350. The molecule has 1 aliphatic carbocycles. The largest absolute Gasteiger partial charge is 0.497 e. The van der Waals surface area contributed by atoms with Gasteiger partial charge in [-0.3, -0.25) is 0 Å². The normalized spacial score (nSPS) is 15.2. The second-order valence-electron chi connectivity index (χ2n) is 7.44. The van der Waals surface area contributed by atoms with E-state index in [1.807, 2.05) is 36.4 Å². The first-order valence-corrected chi connectivity index (χ1v) is 11.2. The van der Waals surface area contributed by atoms with Gasteiger partial charge in [0.1, 0.15) is 17.2 Å². The molecule has 1 fully saturated rings. The number of aromatic nitrogens is 1. The molecule has 0 aliphatic heterocycles. The summed E-state index contributed by atoms with van der Waals surface area (Å²) >= 11 is 1.66. The standard InChI is InChI=1S/C24H28N2O3S/c1-27-19-11-7-8-17(14-19)25-24-26(18-9-5-4-6-10-18)22(16-30-24)21-15-20(28-2)12-13-23(21)29-3/h7-8,11-16,18H,4-6,9-10H2,1-3H3. The third-order valence-corrected chi connectivity index (χ3v) is 6.48. The van der Waals surface area contributed by atoms with Crippen LogP contribution in [0.5, 0.6) is 17.2 Å². The van der Waals surface area contributed by atoms with Gasteiger partial charge >= 0.3 is 0 Å². The van der Waals surface area contributed by atoms with E-state index in [0.29, 0.717) is 6.04 Å². The summed E-state index contributed by atoms with van der Waals surface area (Å²) in [5.74, 6) is 2.47. The Hall–Kier alpha value is -2.73. The van der Waals surface area contributed by atoms with Gasteiger partial charge in [-0.2, -0.15) is 0 Å². The summed E-state index contributed by atoms with van der Waals surface area (Å²) < 4.78 is 19.0. The minimum atomic E-state index is 0.431. The van der Waals surface area contributed by atoms with Gasteiger partial charge in [0, 0.05) is 23.1 Å². The van der Waals surface area contributed by atoms with Crippen LogP contribution in [-0.4, -0.2) is 25.9 Å². The van der Waals surface area contributed by atoms with Gasteiger partial charge in [-0.1, -0.05) is 25.3 Å². The third-order valence-electron chi connectivity index (χ3n) is 5.64. The quantitative estimate of drug-likeness (QED) is 0.489. The van der Waals surface area contributed by atoms with Gasteiger partial charge in [-0.05, 0) is 43.2 Å². The molecule has 5 nitrogen and oxygen atoms in total. The minimum Gasteiger partial charge on any atom is -0.497 e. The average Bonchev–Trinajstić information content (AvgIpc) is 3.22. The maximum atomic E-state index is 5.69. The molecule has 158 valence electrons. The van der Waals surface area contributed by atoms with Crippen LogP contribution in [0, 0.1) is 0 Å². The number of thiazole rings is 1. The van der Waals surface area contributed by atoms with E-state index >= 15 is 0 Å². The van der Waals surface area contributed by atoms with Crippen molar-refractivity contribution in [1.82, 2.24) is 4.57 Å². The van der Waals surface area contributed by atoms with E-state index in [2.05, 4.69) is 16.0 Å². The van der Waals surface area contributed by atoms with Gasteiger partial charge in [0.2, 0.25) is 0 Å². The van der Waals surface area contributed by atoms with Crippen LogP contribution >= 0.6 is 11.3 Å². The van der Waals surface area contributed by atoms with Crippen LogP contribution in [0.2, 0.25) is 0 Å². The van der Waals surface area contributed by atoms with Crippen LogP contribution in [0.15, 0.2) is 52.8 Å². The molecule has 0 unspecified atom stereocenters. The van der Waals surface area contributed by atoms with E-state index in [0.717, 1.165) is 39.0 Å². The molecule has 3 aromatic rings. The van der Waals surface area contributed by atoms with Gasteiger partial charge in [0.25, 0.3) is 0 Å². The third kappa shape index (κ3) is 4.24. The van der Waals surface area contributed by atoms with Crippen molar-refractivity contribution >= 4 is 17.0 Å². The summed E-state index contributed by atoms with van der Waals surface area (Å²) in [5.41, 5.74) is 3.06. The molecule has 1 aliphatic rings. The summed E-state index contributed by atoms with van der Waals surface area (Å²) in [4.78, 5) is 5.99. The first-order valence-electron chi connectivity index (χ1n) is 10.3. The molecule has 0 bridgehead atoms. The second-order valence-corrected chi connectivity index (χ2v) is 8.28. The zero-order valence-electron chi connectivity index (χ0n) is 17.8. The number of rotatable bonds is 6. The van der Waals surface area contributed by atoms with E-state index in [-0.39, 0.29) is 0 Å². The Morgan fingerprint density at radius 2 is 1.67 bits per heavy atom. The topological polar surface area (TPSA) is 45.0 Å². The summed E-state index contributed by atoms with van der Waals surface area (Å²) in [7, 11) is 5.09. The fraction of sp³-hybridized carbons (Fsp3) is 0.375. The first kappa shape index (κ1) is 20.5. The average molecular weight is 425 g/mol. The molecule has 30 heavy (non-hydrogen) atoms. The van der Waals surface area contributed by atoms with Gasteiger partial charge in [-0.25, -0.2) is 4.99 Å². The van der Waals surface area contributed by atoms with Gasteiger partial charge in [0.15, 0.2) is 4.80 Å². The van der Waals surface area contributed by atoms with Crippen LogP contribution in [0.4, 0.5) is 5.69 Å². The molecular formula is C24H28N2O3S. The summed E-state index contributed by atoms with van der Waals surface area (Å²) in [6.07, 6.45) is 6.14. The SMILES string of the molecule is COc1cccc(N=c2scc(-c3cc(OC)ccc3OC)n2C2CCCCC2)c1. The molecule has 1 saturated carbocycles. The molecule has 0 amide bonds. The van der Waals surface area contributed by atoms with Crippen molar-refractivity contribution in [2.45, 2.75) is 38.1 Å². The highest BCUT2D eigenvalue weighted by Crippen LogP contribution is 2.38. The molecular weight excluding hydrogens is 396 g/mol. The van der Waals surface area contributed by atoms with Crippen molar-refractivity contribution in [2.75, 3.05) is 21.3 Å². The lowest BCUT2D eigenvalue weighted by Gasteiger charge is -2.25. The lowest BCUT2D eigenvalue weighted by Crippen LogP contribution is -2.23. The van der Waals surface area contributed by atoms with E-state index in [1.165, 1.54) is 32.1 Å². The Labute approximate surface area is 181 Å². The molecule has 1 heterocycles. The number of benzene rings is 2. The highest BCUT2D eigenvalue weighted by molar-refractivity contribution is 7.07. The minimum absolute atomic E-state index is 0.431. The van der Waals surface area contributed by atoms with Crippen molar-refractivity contribution in [2.24, 2.45) is 4.99 Å². The Morgan fingerprint density at radius 3 is 2.40 bits per heavy atom. The Morgan fingerprint density at radius 1 is 0.900 bits per heavy atom. The Balaban J connectivity index is 1.89. The number of ether oxygens (including phenoxy) is 3. The molecule has 1 aromatic heterocycles. The van der Waals surface area contributed by atoms with Crippen molar-refractivity contribution in [3.05, 3.63) is 52.6 Å². The first-order chi connectivity index (χ1) is 14.7. The number of methoxy groups -OCH3 is 3. The highest BCUT2D eigenvalue weighted by Gasteiger charge is 2.22. The molecule has 0 saturated heterocycles. The van der Waals surface area contributed by atoms with Crippen LogP contribution in [0.25, 0.3) is 11.3 Å². The van der Waals surface area contributed by atoms with Crippen LogP contribution < -0.4 is 19.0 Å².